The highest BCUT2D eigenvalue weighted by Crippen LogP contribution is 2.36. The summed E-state index contributed by atoms with van der Waals surface area (Å²) in [4.78, 5) is 40.8. The Morgan fingerprint density at radius 3 is 2.54 bits per heavy atom. The fourth-order valence-electron chi connectivity index (χ4n) is 5.28. The highest BCUT2D eigenvalue weighted by molar-refractivity contribution is 5.96. The maximum Gasteiger partial charge on any atom is 0.417 e. The molecule has 0 radical (unpaired) electrons. The van der Waals surface area contributed by atoms with Gasteiger partial charge in [0.2, 0.25) is 5.91 Å². The van der Waals surface area contributed by atoms with Gasteiger partial charge in [-0.05, 0) is 67.5 Å². The van der Waals surface area contributed by atoms with Gasteiger partial charge in [-0.2, -0.15) is 13.2 Å². The number of likely N-dealkylation sites (tertiary alicyclic amines) is 1. The molecular weight excluding hydrogens is 489 g/mol. The number of alkyl halides is 3. The fourth-order valence-corrected chi connectivity index (χ4v) is 5.28. The first-order valence-electron chi connectivity index (χ1n) is 12.3. The van der Waals surface area contributed by atoms with Crippen molar-refractivity contribution >= 4 is 22.9 Å². The number of nitrogens with zero attached hydrogens (tertiary/aromatic N) is 1. The van der Waals surface area contributed by atoms with E-state index in [1.807, 2.05) is 18.2 Å². The number of amides is 2. The monoisotopic (exact) mass is 516 g/mol. The quantitative estimate of drug-likeness (QED) is 0.466. The Balaban J connectivity index is 1.03. The Morgan fingerprint density at radius 2 is 1.81 bits per heavy atom. The van der Waals surface area contributed by atoms with Crippen LogP contribution in [-0.2, 0) is 11.0 Å². The van der Waals surface area contributed by atoms with Gasteiger partial charge >= 0.3 is 11.9 Å². The number of aromatic nitrogens is 1. The predicted molar refractivity (Wildman–Crippen MR) is 129 cm³/mol. The van der Waals surface area contributed by atoms with Gasteiger partial charge in [0.25, 0.3) is 5.91 Å². The summed E-state index contributed by atoms with van der Waals surface area (Å²) in [5, 5.41) is 5.25. The van der Waals surface area contributed by atoms with Crippen LogP contribution in [0.15, 0.2) is 51.7 Å². The van der Waals surface area contributed by atoms with Gasteiger partial charge < -0.3 is 15.1 Å². The van der Waals surface area contributed by atoms with Crippen molar-refractivity contribution in [2.75, 3.05) is 19.6 Å². The number of fused-ring (bicyclic) bond motifs is 1. The molecule has 196 valence electrons. The zero-order chi connectivity index (χ0) is 26.2. The minimum atomic E-state index is -4.54. The number of carbonyl (C=O) groups excluding carboxylic acids is 2. The van der Waals surface area contributed by atoms with Crippen molar-refractivity contribution in [1.29, 1.82) is 0 Å². The van der Waals surface area contributed by atoms with E-state index in [1.165, 1.54) is 11.6 Å². The lowest BCUT2D eigenvalue weighted by atomic mass is 9.80. The smallest absolute Gasteiger partial charge is 0.408 e. The van der Waals surface area contributed by atoms with Gasteiger partial charge in [0.05, 0.1) is 23.7 Å². The van der Waals surface area contributed by atoms with Gasteiger partial charge in [0, 0.05) is 24.7 Å². The van der Waals surface area contributed by atoms with Crippen LogP contribution in [0.4, 0.5) is 13.2 Å². The lowest BCUT2D eigenvalue weighted by Crippen LogP contribution is -2.63. The van der Waals surface area contributed by atoms with Gasteiger partial charge in [0.15, 0.2) is 5.58 Å². The van der Waals surface area contributed by atoms with Crippen LogP contribution in [0, 0.1) is 0 Å². The Labute approximate surface area is 210 Å². The largest absolute Gasteiger partial charge is 0.417 e. The molecule has 2 heterocycles. The summed E-state index contributed by atoms with van der Waals surface area (Å²) in [6.45, 7) is 1.15. The molecule has 37 heavy (non-hydrogen) atoms. The van der Waals surface area contributed by atoms with Crippen molar-refractivity contribution in [2.24, 2.45) is 0 Å². The normalized spacial score (nSPS) is 20.9. The lowest BCUT2D eigenvalue weighted by molar-refractivity contribution is -0.137. The number of halogens is 3. The van der Waals surface area contributed by atoms with Gasteiger partial charge in [-0.25, -0.2) is 4.79 Å². The summed E-state index contributed by atoms with van der Waals surface area (Å²) in [6.07, 6.45) is -0.392. The second-order valence-electron chi connectivity index (χ2n) is 9.76. The van der Waals surface area contributed by atoms with Crippen LogP contribution in [0.5, 0.6) is 0 Å². The summed E-state index contributed by atoms with van der Waals surface area (Å²) in [5.41, 5.74) is 1.42. The van der Waals surface area contributed by atoms with Gasteiger partial charge in [-0.3, -0.25) is 19.5 Å². The van der Waals surface area contributed by atoms with Gasteiger partial charge in [-0.1, -0.05) is 12.1 Å². The van der Waals surface area contributed by atoms with Crippen LogP contribution in [0.25, 0.3) is 11.1 Å². The Bertz CT molecular complexity index is 1350. The highest BCUT2D eigenvalue weighted by atomic mass is 19.4. The third kappa shape index (κ3) is 5.71. The minimum Gasteiger partial charge on any atom is -0.408 e. The molecule has 0 bridgehead atoms. The Morgan fingerprint density at radius 1 is 1.05 bits per heavy atom. The van der Waals surface area contributed by atoms with E-state index in [9.17, 15) is 27.6 Å². The van der Waals surface area contributed by atoms with Crippen LogP contribution in [0.2, 0.25) is 0 Å². The van der Waals surface area contributed by atoms with Crippen LogP contribution in [-0.4, -0.2) is 53.4 Å². The third-order valence-corrected chi connectivity index (χ3v) is 7.26. The number of H-pyrrole nitrogens is 1. The van der Waals surface area contributed by atoms with E-state index in [1.54, 1.807) is 0 Å². The molecule has 3 aromatic rings. The average Bonchev–Trinajstić information content (AvgIpc) is 3.23. The van der Waals surface area contributed by atoms with Crippen molar-refractivity contribution in [3.8, 4) is 0 Å². The van der Waals surface area contributed by atoms with Crippen molar-refractivity contribution < 1.29 is 27.2 Å². The molecular formula is C26H27F3N4O4. The first-order chi connectivity index (χ1) is 17.7. The third-order valence-electron chi connectivity index (χ3n) is 7.26. The number of oxazole rings is 1. The number of nitrogens with one attached hydrogen (secondary N) is 3. The molecule has 5 rings (SSSR count). The van der Waals surface area contributed by atoms with Crippen LogP contribution in [0.3, 0.4) is 0 Å². The van der Waals surface area contributed by atoms with Crippen molar-refractivity contribution in [3.05, 3.63) is 69.7 Å². The first-order valence-corrected chi connectivity index (χ1v) is 12.3. The molecule has 1 aromatic heterocycles. The van der Waals surface area contributed by atoms with Gasteiger partial charge in [0.1, 0.15) is 0 Å². The molecule has 2 amide bonds. The molecule has 2 aromatic carbocycles. The molecule has 2 aliphatic rings. The first kappa shape index (κ1) is 25.1. The van der Waals surface area contributed by atoms with Crippen molar-refractivity contribution in [1.82, 2.24) is 20.5 Å². The minimum absolute atomic E-state index is 0.0176. The van der Waals surface area contributed by atoms with E-state index in [4.69, 9.17) is 4.42 Å². The Kier molecular flexibility index (Phi) is 6.80. The predicted octanol–water partition coefficient (Wildman–Crippen LogP) is 3.40. The maximum absolute atomic E-state index is 12.8. The summed E-state index contributed by atoms with van der Waals surface area (Å²) < 4.78 is 43.6. The maximum atomic E-state index is 12.8. The second-order valence-corrected chi connectivity index (χ2v) is 9.76. The van der Waals surface area contributed by atoms with Crippen molar-refractivity contribution in [3.63, 3.8) is 0 Å². The molecule has 3 N–H and O–H groups in total. The van der Waals surface area contributed by atoms with E-state index in [2.05, 4.69) is 20.5 Å². The average molecular weight is 517 g/mol. The zero-order valence-electron chi connectivity index (χ0n) is 19.9. The van der Waals surface area contributed by atoms with Crippen molar-refractivity contribution in [2.45, 2.75) is 49.9 Å². The second kappa shape index (κ2) is 10.0. The van der Waals surface area contributed by atoms with Crippen LogP contribution in [0.1, 0.15) is 53.1 Å². The van der Waals surface area contributed by atoms with E-state index < -0.39 is 23.4 Å². The summed E-state index contributed by atoms with van der Waals surface area (Å²) in [6, 6.07) is 10.4. The summed E-state index contributed by atoms with van der Waals surface area (Å²) in [5.74, 6) is -1.13. The molecule has 1 aliphatic heterocycles. The molecule has 8 nitrogen and oxygen atoms in total. The number of aromatic amines is 1. The summed E-state index contributed by atoms with van der Waals surface area (Å²) >= 11 is 0. The molecule has 0 atom stereocenters. The molecule has 1 saturated heterocycles. The fraction of sp³-hybridized carbons (Fsp3) is 0.423. The summed E-state index contributed by atoms with van der Waals surface area (Å²) in [7, 11) is 0. The molecule has 11 heteroatoms. The molecule has 0 unspecified atom stereocenters. The number of benzene rings is 2. The van der Waals surface area contributed by atoms with E-state index in [-0.39, 0.29) is 24.1 Å². The van der Waals surface area contributed by atoms with E-state index in [0.717, 1.165) is 62.5 Å². The molecule has 1 saturated carbocycles. The number of hydrogen-bond acceptors (Lipinski definition) is 5. The van der Waals surface area contributed by atoms with Crippen LogP contribution >= 0.6 is 0 Å². The zero-order valence-corrected chi connectivity index (χ0v) is 19.9. The molecule has 0 spiro atoms. The van der Waals surface area contributed by atoms with Gasteiger partial charge in [-0.15, -0.1) is 0 Å². The SMILES string of the molecule is O=C(CNC(=O)c1cccc(C(F)(F)F)c1)NC1CN(C2CCC(c3ccc4oc(=O)[nH]c4c3)CC2)C1. The standard InChI is InChI=1S/C26H27F3N4O4/c27-26(28,29)18-3-1-2-17(10-18)24(35)30-12-23(34)31-19-13-33(14-19)20-7-4-15(5-8-20)16-6-9-22-21(11-16)32-25(36)37-22/h1-3,6,9-11,15,19-20H,4-5,7-8,12-14H2,(H,30,35)(H,31,34)(H,32,36). The number of hydrogen-bond donors (Lipinski definition) is 3. The molecule has 2 fully saturated rings. The van der Waals surface area contributed by atoms with E-state index in [0.29, 0.717) is 17.5 Å². The topological polar surface area (TPSA) is 107 Å². The highest BCUT2D eigenvalue weighted by Gasteiger charge is 2.35. The molecule has 1 aliphatic carbocycles. The van der Waals surface area contributed by atoms with E-state index >= 15 is 0 Å². The Hall–Kier alpha value is -3.60. The van der Waals surface area contributed by atoms with Crippen LogP contribution < -0.4 is 16.4 Å². The number of rotatable bonds is 6. The number of carbonyl (C=O) groups is 2. The lowest BCUT2D eigenvalue weighted by Gasteiger charge is -2.46.